The van der Waals surface area contributed by atoms with Crippen molar-refractivity contribution in [3.05, 3.63) is 29.8 Å². The molecule has 4 nitrogen and oxygen atoms in total. The van der Waals surface area contributed by atoms with Crippen molar-refractivity contribution in [3.8, 4) is 0 Å². The van der Waals surface area contributed by atoms with Crippen LogP contribution in [0.5, 0.6) is 0 Å². The van der Waals surface area contributed by atoms with Crippen LogP contribution >= 0.6 is 0 Å². The summed E-state index contributed by atoms with van der Waals surface area (Å²) in [5.74, 6) is -2.62. The third kappa shape index (κ3) is 7.80. The van der Waals surface area contributed by atoms with Crippen LogP contribution in [0.25, 0.3) is 0 Å². The molecule has 0 fully saturated rings. The molecule has 5 heteroatoms. The molecular weight excluding hydrogens is 191 g/mol. The van der Waals surface area contributed by atoms with Gasteiger partial charge in [-0.1, -0.05) is 0 Å². The number of aliphatic carboxylic acids is 2. The Morgan fingerprint density at radius 3 is 1.87 bits per heavy atom. The average molecular weight is 202 g/mol. The Balaban J connectivity index is 0.000000265. The fourth-order valence-electron chi connectivity index (χ4n) is 0.792. The van der Waals surface area contributed by atoms with E-state index in [9.17, 15) is 9.59 Å². The van der Waals surface area contributed by atoms with Crippen molar-refractivity contribution in [1.82, 2.24) is 0 Å². The summed E-state index contributed by atoms with van der Waals surface area (Å²) < 4.78 is 1.37. The van der Waals surface area contributed by atoms with Gasteiger partial charge < -0.3 is 10.2 Å². The zero-order valence-corrected chi connectivity index (χ0v) is 8.73. The molecule has 0 atom stereocenters. The second-order valence-electron chi connectivity index (χ2n) is 3.05. The fraction of sp³-hybridized carbons (Fsp3) is 0.200. The first-order valence-electron chi connectivity index (χ1n) is 4.39. The summed E-state index contributed by atoms with van der Waals surface area (Å²) >= 11 is 2.12. The number of benzene rings is 1. The molecule has 0 heterocycles. The first-order valence-corrected chi connectivity index (χ1v) is 4.39. The van der Waals surface area contributed by atoms with Gasteiger partial charge in [-0.3, -0.25) is 9.59 Å². The Kier molecular flexibility index (Phi) is 6.51. The summed E-state index contributed by atoms with van der Waals surface area (Å²) in [4.78, 5) is 18.9. The maximum absolute atomic E-state index is 9.43. The van der Waals surface area contributed by atoms with E-state index in [4.69, 9.17) is 10.2 Å². The molecule has 15 heavy (non-hydrogen) atoms. The molecule has 0 saturated carbocycles. The summed E-state index contributed by atoms with van der Waals surface area (Å²) in [7, 11) is 0. The van der Waals surface area contributed by atoms with Crippen LogP contribution in [-0.2, 0) is 9.59 Å². The van der Waals surface area contributed by atoms with Gasteiger partial charge in [0, 0.05) is 0 Å². The molecule has 0 spiro atoms. The van der Waals surface area contributed by atoms with E-state index in [2.05, 4.69) is 48.9 Å². The quantitative estimate of drug-likeness (QED) is 0.535. The van der Waals surface area contributed by atoms with Gasteiger partial charge in [-0.2, -0.15) is 0 Å². The second-order valence-corrected chi connectivity index (χ2v) is 3.05. The molecule has 0 aliphatic carbocycles. The van der Waals surface area contributed by atoms with Gasteiger partial charge in [0.1, 0.15) is 6.42 Å². The molecule has 2 N–H and O–H groups in total. The standard InChI is InChI=1S/C7H7.C3H4O4.Li/c1-7-5-3-2-4-6-7;4-2(5)1-3(6)7;/h2-5H,1H3;1H2,(H,4,5)(H,6,7);. The van der Waals surface area contributed by atoms with Gasteiger partial charge in [0.2, 0.25) is 0 Å². The molecule has 1 rings (SSSR count). The minimum atomic E-state index is -1.31. The molecule has 0 aromatic heterocycles. The van der Waals surface area contributed by atoms with Crippen LogP contribution < -0.4 is 4.24 Å². The Morgan fingerprint density at radius 2 is 1.67 bits per heavy atom. The van der Waals surface area contributed by atoms with Gasteiger partial charge >= 0.3 is 70.6 Å². The second kappa shape index (κ2) is 7.10. The topological polar surface area (TPSA) is 74.6 Å². The zero-order valence-electron chi connectivity index (χ0n) is 8.73. The number of carbonyl (C=O) groups is 2. The summed E-state index contributed by atoms with van der Waals surface area (Å²) in [6, 6.07) is 8.36. The van der Waals surface area contributed by atoms with Crippen LogP contribution in [0.1, 0.15) is 12.0 Å². The molecular formula is C10H11LiO4. The van der Waals surface area contributed by atoms with Crippen LogP contribution in [0.4, 0.5) is 0 Å². The van der Waals surface area contributed by atoms with Crippen molar-refractivity contribution in [2.24, 2.45) is 0 Å². The third-order valence-electron chi connectivity index (χ3n) is 1.73. The van der Waals surface area contributed by atoms with Gasteiger partial charge in [-0.15, -0.1) is 0 Å². The monoisotopic (exact) mass is 202 g/mol. The van der Waals surface area contributed by atoms with Crippen molar-refractivity contribution in [2.75, 3.05) is 0 Å². The molecule has 76 valence electrons. The number of hydrogen-bond donors (Lipinski definition) is 2. The van der Waals surface area contributed by atoms with E-state index in [1.807, 2.05) is 0 Å². The molecule has 0 aliphatic rings. The minimum absolute atomic E-state index is 0.806. The van der Waals surface area contributed by atoms with E-state index in [1.54, 1.807) is 0 Å². The Morgan fingerprint density at radius 1 is 1.20 bits per heavy atom. The van der Waals surface area contributed by atoms with Crippen molar-refractivity contribution < 1.29 is 19.8 Å². The van der Waals surface area contributed by atoms with Crippen molar-refractivity contribution in [2.45, 2.75) is 13.3 Å². The van der Waals surface area contributed by atoms with E-state index in [1.165, 1.54) is 9.80 Å². The Bertz CT molecular complexity index is 316. The van der Waals surface area contributed by atoms with Gasteiger partial charge in [0.25, 0.3) is 0 Å². The van der Waals surface area contributed by atoms with Crippen LogP contribution in [0, 0.1) is 6.92 Å². The first-order chi connectivity index (χ1) is 6.93. The predicted octanol–water partition coefficient (Wildman–Crippen LogP) is 0.335. The number of rotatable bonds is 2. The fourth-order valence-corrected chi connectivity index (χ4v) is 0.792. The van der Waals surface area contributed by atoms with E-state index < -0.39 is 18.4 Å². The molecule has 0 saturated heterocycles. The van der Waals surface area contributed by atoms with E-state index >= 15 is 0 Å². The van der Waals surface area contributed by atoms with Crippen LogP contribution in [0.15, 0.2) is 24.3 Å². The van der Waals surface area contributed by atoms with Crippen LogP contribution in [0.3, 0.4) is 0 Å². The number of carboxylic acid groups (broad SMARTS) is 2. The molecule has 1 aromatic carbocycles. The molecule has 0 bridgehead atoms. The molecule has 0 unspecified atom stereocenters. The Hall–Kier alpha value is -1.24. The number of hydrogen-bond acceptors (Lipinski definition) is 2. The molecule has 1 aromatic rings. The van der Waals surface area contributed by atoms with Gasteiger partial charge in [0.05, 0.1) is 0 Å². The van der Waals surface area contributed by atoms with Gasteiger partial charge in [-0.05, 0) is 0 Å². The molecule has 0 amide bonds. The summed E-state index contributed by atoms with van der Waals surface area (Å²) in [6.07, 6.45) is -0.806. The summed E-state index contributed by atoms with van der Waals surface area (Å²) in [6.45, 7) is 2.12. The van der Waals surface area contributed by atoms with Crippen molar-refractivity contribution >= 4 is 33.9 Å². The van der Waals surface area contributed by atoms with Crippen molar-refractivity contribution in [3.63, 3.8) is 0 Å². The number of carboxylic acids is 2. The molecule has 0 radical (unpaired) electrons. The van der Waals surface area contributed by atoms with Crippen LogP contribution in [0.2, 0.25) is 0 Å². The summed E-state index contributed by atoms with van der Waals surface area (Å²) in [5.41, 5.74) is 1.37. The van der Waals surface area contributed by atoms with E-state index in [0.29, 0.717) is 0 Å². The Labute approximate surface area is 97.1 Å². The van der Waals surface area contributed by atoms with Gasteiger partial charge in [-0.25, -0.2) is 0 Å². The first kappa shape index (κ1) is 13.8. The predicted molar refractivity (Wildman–Crippen MR) is 56.5 cm³/mol. The number of aryl methyl sites for hydroxylation is 1. The van der Waals surface area contributed by atoms with Crippen molar-refractivity contribution in [1.29, 1.82) is 0 Å². The zero-order chi connectivity index (χ0) is 11.8. The van der Waals surface area contributed by atoms with Gasteiger partial charge in [0.15, 0.2) is 0 Å². The van der Waals surface area contributed by atoms with E-state index in [0.717, 1.165) is 0 Å². The SMILES string of the molecule is O=C(O)CC(=O)O.[Li][c]1ccccc1C. The summed E-state index contributed by atoms with van der Waals surface area (Å²) in [5, 5.41) is 15.4. The molecule has 0 aliphatic heterocycles. The average Bonchev–Trinajstić information content (AvgIpc) is 2.08. The normalized spacial score (nSPS) is 8.73. The third-order valence-corrected chi connectivity index (χ3v) is 1.73. The van der Waals surface area contributed by atoms with E-state index in [-0.39, 0.29) is 0 Å². The maximum atomic E-state index is 9.43. The van der Waals surface area contributed by atoms with Crippen LogP contribution in [-0.4, -0.2) is 39.9 Å².